The van der Waals surface area contributed by atoms with Gasteiger partial charge < -0.3 is 0 Å². The number of benzene rings is 7. The molecule has 3 heterocycles. The van der Waals surface area contributed by atoms with Crippen molar-refractivity contribution < 1.29 is 0 Å². The van der Waals surface area contributed by atoms with Gasteiger partial charge in [0.15, 0.2) is 17.5 Å². The first-order valence-corrected chi connectivity index (χ1v) is 21.9. The molecule has 12 rings (SSSR count). The monoisotopic (exact) mass is 810 g/mol. The second kappa shape index (κ2) is 14.8. The van der Waals surface area contributed by atoms with Gasteiger partial charge >= 0.3 is 0 Å². The zero-order chi connectivity index (χ0) is 41.0. The summed E-state index contributed by atoms with van der Waals surface area (Å²) in [5.74, 6) is 2.23. The number of nitrogens with zero attached hydrogens (tertiary/aromatic N) is 4. The molecule has 0 radical (unpaired) electrons. The van der Waals surface area contributed by atoms with Crippen LogP contribution < -0.4 is 0 Å². The van der Waals surface area contributed by atoms with E-state index in [-0.39, 0.29) is 11.8 Å². The van der Waals surface area contributed by atoms with Gasteiger partial charge in [-0.25, -0.2) is 15.0 Å². The third kappa shape index (κ3) is 5.88. The molecular formula is C57H38N4S. The predicted octanol–water partition coefficient (Wildman–Crippen LogP) is 14.1. The molecule has 2 aliphatic rings. The topological polar surface area (TPSA) is 51.6 Å². The number of aromatic nitrogens is 4. The average Bonchev–Trinajstić information content (AvgIpc) is 3.89. The molecule has 0 N–H and O–H groups in total. The number of hydrogen-bond acceptors (Lipinski definition) is 5. The van der Waals surface area contributed by atoms with Gasteiger partial charge in [-0.05, 0) is 57.6 Å². The summed E-state index contributed by atoms with van der Waals surface area (Å²) in [5.41, 5.74) is 11.7. The molecule has 4 nitrogen and oxygen atoms in total. The van der Waals surface area contributed by atoms with Crippen molar-refractivity contribution in [1.82, 2.24) is 19.9 Å². The Labute approximate surface area is 364 Å². The maximum atomic E-state index is 5.27. The summed E-state index contributed by atoms with van der Waals surface area (Å²) in [7, 11) is 0. The summed E-state index contributed by atoms with van der Waals surface area (Å²) in [5, 5.41) is 2.53. The van der Waals surface area contributed by atoms with Crippen LogP contribution in [0.1, 0.15) is 28.2 Å². The van der Waals surface area contributed by atoms with E-state index < -0.39 is 5.41 Å². The smallest absolute Gasteiger partial charge is 0.165 e. The fourth-order valence-corrected chi connectivity index (χ4v) is 11.2. The second-order valence-electron chi connectivity index (χ2n) is 16.1. The Morgan fingerprint density at radius 3 is 1.76 bits per heavy atom. The van der Waals surface area contributed by atoms with Crippen LogP contribution in [-0.2, 0) is 5.41 Å². The first-order valence-electron chi connectivity index (χ1n) is 21.1. The minimum atomic E-state index is -0.428. The third-order valence-corrected chi connectivity index (χ3v) is 14.0. The fraction of sp³-hybridized carbons (Fsp3) is 0.0526. The summed E-state index contributed by atoms with van der Waals surface area (Å²) in [4.78, 5) is 20.8. The van der Waals surface area contributed by atoms with E-state index in [0.717, 1.165) is 39.1 Å². The van der Waals surface area contributed by atoms with Crippen molar-refractivity contribution in [2.45, 2.75) is 11.3 Å². The standard InChI is InChI=1S/C57H38N4S/c1-4-15-37(16-5-1)38-27-29-39(30-28-38)54-59-55(61-56(60-54)41-32-34-51(58-36-41)48-24-14-23-47-46-22-11-13-26-52(46)62-53(47)48)40-31-33-45-44-21-10-12-25-49(44)57(50(45)35-40,42-17-6-2-7-18-42)43-19-8-3-9-20-43/h1-36,44,49H. The molecule has 62 heavy (non-hydrogen) atoms. The van der Waals surface area contributed by atoms with Crippen molar-refractivity contribution in [3.8, 4) is 56.5 Å². The lowest BCUT2D eigenvalue weighted by atomic mass is 9.63. The maximum Gasteiger partial charge on any atom is 0.165 e. The van der Waals surface area contributed by atoms with Crippen molar-refractivity contribution in [2.75, 3.05) is 0 Å². The molecule has 3 aromatic heterocycles. The molecule has 2 aliphatic carbocycles. The van der Waals surface area contributed by atoms with Gasteiger partial charge in [-0.3, -0.25) is 4.98 Å². The van der Waals surface area contributed by atoms with Crippen molar-refractivity contribution in [2.24, 2.45) is 5.92 Å². The summed E-state index contributed by atoms with van der Waals surface area (Å²) < 4.78 is 2.51. The summed E-state index contributed by atoms with van der Waals surface area (Å²) in [6.07, 6.45) is 11.1. The van der Waals surface area contributed by atoms with E-state index in [1.165, 1.54) is 42.4 Å². The lowest BCUT2D eigenvalue weighted by Crippen LogP contribution is -2.35. The van der Waals surface area contributed by atoms with Gasteiger partial charge in [-0.2, -0.15) is 0 Å². The molecule has 0 aliphatic heterocycles. The molecule has 0 fully saturated rings. The van der Waals surface area contributed by atoms with Gasteiger partial charge in [0.2, 0.25) is 0 Å². The zero-order valence-corrected chi connectivity index (χ0v) is 34.5. The summed E-state index contributed by atoms with van der Waals surface area (Å²) in [6.45, 7) is 0. The average molecular weight is 811 g/mol. The van der Waals surface area contributed by atoms with E-state index in [4.69, 9.17) is 19.9 Å². The molecule has 5 heteroatoms. The second-order valence-corrected chi connectivity index (χ2v) is 17.2. The van der Waals surface area contributed by atoms with Crippen LogP contribution >= 0.6 is 11.3 Å². The number of pyridine rings is 1. The van der Waals surface area contributed by atoms with E-state index >= 15 is 0 Å². The normalized spacial score (nSPS) is 16.1. The fourth-order valence-electron chi connectivity index (χ4n) is 9.93. The largest absolute Gasteiger partial charge is 0.255 e. The van der Waals surface area contributed by atoms with Crippen molar-refractivity contribution in [3.05, 3.63) is 241 Å². The quantitative estimate of drug-likeness (QED) is 0.161. The van der Waals surface area contributed by atoms with E-state index in [9.17, 15) is 0 Å². The van der Waals surface area contributed by atoms with Crippen LogP contribution in [0, 0.1) is 5.92 Å². The molecule has 10 aromatic rings. The van der Waals surface area contributed by atoms with E-state index in [2.05, 4.69) is 206 Å². The first kappa shape index (κ1) is 36.3. The molecule has 0 amide bonds. The number of allylic oxidation sites excluding steroid dienone is 4. The number of rotatable bonds is 7. The Balaban J connectivity index is 1.02. The Kier molecular flexibility index (Phi) is 8.68. The number of hydrogen-bond donors (Lipinski definition) is 0. The summed E-state index contributed by atoms with van der Waals surface area (Å²) >= 11 is 1.81. The van der Waals surface area contributed by atoms with Crippen LogP contribution in [0.4, 0.5) is 0 Å². The number of thiophene rings is 1. The first-order chi connectivity index (χ1) is 30.7. The minimum absolute atomic E-state index is 0.193. The molecular weight excluding hydrogens is 773 g/mol. The van der Waals surface area contributed by atoms with E-state index in [1.807, 2.05) is 23.6 Å². The van der Waals surface area contributed by atoms with Crippen molar-refractivity contribution >= 4 is 31.5 Å². The molecule has 0 spiro atoms. The van der Waals surface area contributed by atoms with Gasteiger partial charge in [-0.15, -0.1) is 11.3 Å². The van der Waals surface area contributed by atoms with Gasteiger partial charge in [0.05, 0.1) is 11.1 Å². The Hall–Kier alpha value is -7.60. The lowest BCUT2D eigenvalue weighted by molar-refractivity contribution is 0.457. The van der Waals surface area contributed by atoms with Gasteiger partial charge in [-0.1, -0.05) is 188 Å². The van der Waals surface area contributed by atoms with Gasteiger partial charge in [0.1, 0.15) is 0 Å². The highest BCUT2D eigenvalue weighted by Crippen LogP contribution is 2.60. The molecule has 7 aromatic carbocycles. The van der Waals surface area contributed by atoms with Crippen LogP contribution in [0.3, 0.4) is 0 Å². The minimum Gasteiger partial charge on any atom is -0.255 e. The van der Waals surface area contributed by atoms with Crippen LogP contribution in [0.2, 0.25) is 0 Å². The summed E-state index contributed by atoms with van der Waals surface area (Å²) in [6, 6.07) is 67.1. The van der Waals surface area contributed by atoms with Gasteiger partial charge in [0, 0.05) is 60.5 Å². The van der Waals surface area contributed by atoms with E-state index in [0.29, 0.717) is 17.5 Å². The van der Waals surface area contributed by atoms with Crippen LogP contribution in [0.5, 0.6) is 0 Å². The Bertz CT molecular complexity index is 3300. The third-order valence-electron chi connectivity index (χ3n) is 12.8. The molecule has 2 unspecified atom stereocenters. The number of fused-ring (bicyclic) bond motifs is 6. The van der Waals surface area contributed by atoms with Gasteiger partial charge in [0.25, 0.3) is 0 Å². The highest BCUT2D eigenvalue weighted by atomic mass is 32.1. The lowest BCUT2D eigenvalue weighted by Gasteiger charge is -2.38. The molecule has 0 saturated heterocycles. The molecule has 2 atom stereocenters. The predicted molar refractivity (Wildman–Crippen MR) is 255 cm³/mol. The molecule has 292 valence electrons. The van der Waals surface area contributed by atoms with Crippen molar-refractivity contribution in [1.29, 1.82) is 0 Å². The maximum absolute atomic E-state index is 5.27. The molecule has 0 saturated carbocycles. The molecule has 0 bridgehead atoms. The zero-order valence-electron chi connectivity index (χ0n) is 33.6. The van der Waals surface area contributed by atoms with Crippen LogP contribution in [-0.4, -0.2) is 19.9 Å². The van der Waals surface area contributed by atoms with E-state index in [1.54, 1.807) is 0 Å². The van der Waals surface area contributed by atoms with Crippen LogP contribution in [0.25, 0.3) is 76.7 Å². The SMILES string of the molecule is C1=CC2c3ccc(-c4nc(-c5ccc(-c6ccccc6)cc5)nc(-c5ccc(-c6cccc7c6sc6ccccc67)nc5)n4)cc3C(c3ccccc3)(c3ccccc3)C2C=C1. The Morgan fingerprint density at radius 1 is 0.452 bits per heavy atom. The highest BCUT2D eigenvalue weighted by molar-refractivity contribution is 7.26. The Morgan fingerprint density at radius 2 is 1.03 bits per heavy atom. The van der Waals surface area contributed by atoms with Crippen LogP contribution in [0.15, 0.2) is 219 Å². The highest BCUT2D eigenvalue weighted by Gasteiger charge is 2.53. The van der Waals surface area contributed by atoms with Crippen molar-refractivity contribution in [3.63, 3.8) is 0 Å².